The second kappa shape index (κ2) is 11.4. The highest BCUT2D eigenvalue weighted by Crippen LogP contribution is 2.24. The van der Waals surface area contributed by atoms with Gasteiger partial charge in [-0.2, -0.15) is 0 Å². The molecule has 0 amide bonds. The fourth-order valence-corrected chi connectivity index (χ4v) is 4.17. The summed E-state index contributed by atoms with van der Waals surface area (Å²) in [6.45, 7) is 12.5. The third-order valence-corrected chi connectivity index (χ3v) is 5.76. The second-order valence-corrected chi connectivity index (χ2v) is 8.73. The zero-order chi connectivity index (χ0) is 21.4. The van der Waals surface area contributed by atoms with Gasteiger partial charge in [-0.15, -0.1) is 10.2 Å². The number of aryl methyl sites for hydroxylation is 1. The molecule has 0 saturated carbocycles. The molecular weight excluding hydrogens is 388 g/mol. The van der Waals surface area contributed by atoms with Crippen molar-refractivity contribution < 1.29 is 9.53 Å². The van der Waals surface area contributed by atoms with Gasteiger partial charge in [0.05, 0.1) is 13.0 Å². The Labute approximate surface area is 178 Å². The van der Waals surface area contributed by atoms with Crippen LogP contribution >= 0.6 is 11.8 Å². The molecule has 0 aliphatic carbocycles. The highest BCUT2D eigenvalue weighted by Gasteiger charge is 2.36. The molecule has 2 rings (SSSR count). The second-order valence-electron chi connectivity index (χ2n) is 7.96. The van der Waals surface area contributed by atoms with Crippen molar-refractivity contribution in [3.63, 3.8) is 0 Å². The third kappa shape index (κ3) is 6.35. The Morgan fingerprint density at radius 3 is 2.76 bits per heavy atom. The molecule has 1 N–H and O–H groups in total. The molecule has 2 atom stereocenters. The number of guanidine groups is 1. The molecule has 1 aromatic heterocycles. The van der Waals surface area contributed by atoms with E-state index >= 15 is 0 Å². The standard InChI is InChI=1S/C20H36N6O2S/c1-7-21-19(25-12-15(4)16(13-25)18(27)28-5)22-10-8-9-17-23-24-20(29-6)26(17)11-14(2)3/h14-16H,7-13H2,1-6H3,(H,21,22). The van der Waals surface area contributed by atoms with Crippen LogP contribution in [-0.2, 0) is 22.5 Å². The first-order valence-corrected chi connectivity index (χ1v) is 11.7. The Kier molecular flexibility index (Phi) is 9.26. The van der Waals surface area contributed by atoms with E-state index in [0.717, 1.165) is 49.4 Å². The molecule has 0 radical (unpaired) electrons. The quantitative estimate of drug-likeness (QED) is 0.214. The molecule has 0 aromatic carbocycles. The fourth-order valence-electron chi connectivity index (χ4n) is 3.65. The van der Waals surface area contributed by atoms with Crippen LogP contribution in [-0.4, -0.2) is 71.1 Å². The fraction of sp³-hybridized carbons (Fsp3) is 0.800. The maximum atomic E-state index is 12.0. The van der Waals surface area contributed by atoms with Crippen molar-refractivity contribution in [3.05, 3.63) is 5.82 Å². The lowest BCUT2D eigenvalue weighted by Crippen LogP contribution is -2.40. The SMILES string of the molecule is CCNC(=NCCCc1nnc(SC)n1CC(C)C)N1CC(C)C(C(=O)OC)C1. The van der Waals surface area contributed by atoms with E-state index < -0.39 is 0 Å². The number of nitrogens with one attached hydrogen (secondary N) is 1. The average Bonchev–Trinajstić information content (AvgIpc) is 3.26. The summed E-state index contributed by atoms with van der Waals surface area (Å²) in [7, 11) is 1.46. The minimum Gasteiger partial charge on any atom is -0.469 e. The lowest BCUT2D eigenvalue weighted by Gasteiger charge is -2.21. The number of rotatable bonds is 9. The van der Waals surface area contributed by atoms with Gasteiger partial charge in [-0.25, -0.2) is 0 Å². The number of nitrogens with zero attached hydrogens (tertiary/aromatic N) is 5. The molecular formula is C20H36N6O2S. The van der Waals surface area contributed by atoms with Gasteiger partial charge in [0.15, 0.2) is 11.1 Å². The summed E-state index contributed by atoms with van der Waals surface area (Å²) >= 11 is 1.64. The van der Waals surface area contributed by atoms with Crippen LogP contribution in [0, 0.1) is 17.8 Å². The molecule has 9 heteroatoms. The van der Waals surface area contributed by atoms with E-state index in [1.807, 2.05) is 6.26 Å². The molecule has 164 valence electrons. The van der Waals surface area contributed by atoms with Crippen LogP contribution in [0.15, 0.2) is 10.1 Å². The van der Waals surface area contributed by atoms with E-state index in [0.29, 0.717) is 19.0 Å². The molecule has 29 heavy (non-hydrogen) atoms. The molecule has 8 nitrogen and oxygen atoms in total. The van der Waals surface area contributed by atoms with E-state index in [4.69, 9.17) is 9.73 Å². The van der Waals surface area contributed by atoms with Crippen LogP contribution in [0.2, 0.25) is 0 Å². The first-order valence-electron chi connectivity index (χ1n) is 10.5. The van der Waals surface area contributed by atoms with Crippen LogP contribution in [0.25, 0.3) is 0 Å². The van der Waals surface area contributed by atoms with Gasteiger partial charge in [-0.3, -0.25) is 9.79 Å². The predicted molar refractivity (Wildman–Crippen MR) is 117 cm³/mol. The van der Waals surface area contributed by atoms with Crippen molar-refractivity contribution >= 4 is 23.7 Å². The number of aromatic nitrogens is 3. The maximum Gasteiger partial charge on any atom is 0.310 e. The summed E-state index contributed by atoms with van der Waals surface area (Å²) in [5.41, 5.74) is 0. The number of methoxy groups -OCH3 is 1. The summed E-state index contributed by atoms with van der Waals surface area (Å²) in [4.78, 5) is 18.9. The maximum absolute atomic E-state index is 12.0. The van der Waals surface area contributed by atoms with Gasteiger partial charge in [0.2, 0.25) is 0 Å². The van der Waals surface area contributed by atoms with E-state index in [2.05, 4.69) is 52.7 Å². The number of carbonyl (C=O) groups is 1. The van der Waals surface area contributed by atoms with Gasteiger partial charge in [-0.1, -0.05) is 32.5 Å². The van der Waals surface area contributed by atoms with Crippen molar-refractivity contribution in [2.75, 3.05) is 39.5 Å². The average molecular weight is 425 g/mol. The van der Waals surface area contributed by atoms with Gasteiger partial charge in [0, 0.05) is 39.1 Å². The highest BCUT2D eigenvalue weighted by molar-refractivity contribution is 7.98. The number of aliphatic imine (C=N–C) groups is 1. The Bertz CT molecular complexity index is 691. The Morgan fingerprint density at radius 1 is 1.38 bits per heavy atom. The summed E-state index contributed by atoms with van der Waals surface area (Å²) < 4.78 is 7.18. The van der Waals surface area contributed by atoms with Crippen molar-refractivity contribution in [1.82, 2.24) is 25.0 Å². The molecule has 1 aliphatic heterocycles. The number of hydrogen-bond donors (Lipinski definition) is 1. The smallest absolute Gasteiger partial charge is 0.310 e. The van der Waals surface area contributed by atoms with Crippen LogP contribution in [0.4, 0.5) is 0 Å². The number of thioether (sulfide) groups is 1. The van der Waals surface area contributed by atoms with Crippen LogP contribution < -0.4 is 5.32 Å². The van der Waals surface area contributed by atoms with Crippen LogP contribution in [0.3, 0.4) is 0 Å². The monoisotopic (exact) mass is 424 g/mol. The van der Waals surface area contributed by atoms with E-state index in [-0.39, 0.29) is 17.8 Å². The minimum atomic E-state index is -0.134. The Morgan fingerprint density at radius 2 is 2.14 bits per heavy atom. The molecule has 1 fully saturated rings. The minimum absolute atomic E-state index is 0.0941. The molecule has 0 bridgehead atoms. The first kappa shape index (κ1) is 23.5. The molecule has 1 aliphatic rings. The van der Waals surface area contributed by atoms with E-state index in [1.165, 1.54) is 7.11 Å². The normalized spacial score (nSPS) is 19.8. The van der Waals surface area contributed by atoms with Gasteiger partial charge in [0.25, 0.3) is 0 Å². The van der Waals surface area contributed by atoms with Gasteiger partial charge in [-0.05, 0) is 31.4 Å². The number of ether oxygens (including phenoxy) is 1. The molecule has 0 spiro atoms. The number of carbonyl (C=O) groups excluding carboxylic acids is 1. The van der Waals surface area contributed by atoms with Crippen molar-refractivity contribution in [2.45, 2.75) is 52.2 Å². The largest absolute Gasteiger partial charge is 0.469 e. The molecule has 2 heterocycles. The number of hydrogen-bond acceptors (Lipinski definition) is 6. The molecule has 2 unspecified atom stereocenters. The summed E-state index contributed by atoms with van der Waals surface area (Å²) in [6, 6.07) is 0. The van der Waals surface area contributed by atoms with Crippen molar-refractivity contribution in [2.24, 2.45) is 22.7 Å². The summed E-state index contributed by atoms with van der Waals surface area (Å²) in [6.07, 6.45) is 3.80. The van der Waals surface area contributed by atoms with Gasteiger partial charge in [0.1, 0.15) is 5.82 Å². The zero-order valence-electron chi connectivity index (χ0n) is 18.6. The Balaban J connectivity index is 1.97. The first-order chi connectivity index (χ1) is 13.9. The van der Waals surface area contributed by atoms with Crippen molar-refractivity contribution in [3.8, 4) is 0 Å². The van der Waals surface area contributed by atoms with Gasteiger partial charge < -0.3 is 19.5 Å². The highest BCUT2D eigenvalue weighted by atomic mass is 32.2. The topological polar surface area (TPSA) is 84.6 Å². The Hall–Kier alpha value is -1.77. The van der Waals surface area contributed by atoms with Crippen LogP contribution in [0.1, 0.15) is 39.9 Å². The summed E-state index contributed by atoms with van der Waals surface area (Å²) in [5, 5.41) is 13.0. The van der Waals surface area contributed by atoms with E-state index in [9.17, 15) is 4.79 Å². The lowest BCUT2D eigenvalue weighted by molar-refractivity contribution is -0.145. The lowest BCUT2D eigenvalue weighted by atomic mass is 9.99. The summed E-state index contributed by atoms with van der Waals surface area (Å²) in [5.74, 6) is 2.48. The van der Waals surface area contributed by atoms with Crippen molar-refractivity contribution in [1.29, 1.82) is 0 Å². The zero-order valence-corrected chi connectivity index (χ0v) is 19.5. The third-order valence-electron chi connectivity index (χ3n) is 5.09. The molecule has 1 saturated heterocycles. The van der Waals surface area contributed by atoms with E-state index in [1.54, 1.807) is 11.8 Å². The number of esters is 1. The number of likely N-dealkylation sites (tertiary alicyclic amines) is 1. The molecule has 1 aromatic rings. The predicted octanol–water partition coefficient (Wildman–Crippen LogP) is 2.30. The van der Waals surface area contributed by atoms with Crippen LogP contribution in [0.5, 0.6) is 0 Å². The van der Waals surface area contributed by atoms with Gasteiger partial charge >= 0.3 is 5.97 Å².